The van der Waals surface area contributed by atoms with E-state index in [9.17, 15) is 14.9 Å². The van der Waals surface area contributed by atoms with Crippen LogP contribution in [0.1, 0.15) is 22.6 Å². The van der Waals surface area contributed by atoms with Crippen molar-refractivity contribution in [1.82, 2.24) is 0 Å². The van der Waals surface area contributed by atoms with Gasteiger partial charge in [-0.05, 0) is 29.7 Å². The fourth-order valence-corrected chi connectivity index (χ4v) is 2.78. The SMILES string of the molecule is Cc1ccc([N+](=O)[O-])c(OC(=O)C(c2ccccc2)c2ccccc2)c1. The third kappa shape index (κ3) is 3.78. The molecule has 3 rings (SSSR count). The van der Waals surface area contributed by atoms with E-state index in [-0.39, 0.29) is 11.4 Å². The van der Waals surface area contributed by atoms with Gasteiger partial charge in [0.1, 0.15) is 5.92 Å². The number of nitro benzene ring substituents is 1. The number of hydrogen-bond donors (Lipinski definition) is 0. The molecule has 0 atom stereocenters. The highest BCUT2D eigenvalue weighted by Gasteiger charge is 2.27. The molecular weight excluding hydrogens is 330 g/mol. The number of ether oxygens (including phenoxy) is 1. The Kier molecular flexibility index (Phi) is 5.08. The van der Waals surface area contributed by atoms with Gasteiger partial charge in [0.15, 0.2) is 0 Å². The second-order valence-corrected chi connectivity index (χ2v) is 5.90. The number of benzene rings is 3. The van der Waals surface area contributed by atoms with Gasteiger partial charge in [-0.2, -0.15) is 0 Å². The molecule has 0 aliphatic heterocycles. The van der Waals surface area contributed by atoms with Crippen LogP contribution in [0.5, 0.6) is 5.75 Å². The molecule has 0 N–H and O–H groups in total. The number of carbonyl (C=O) groups excluding carboxylic acids is 1. The number of nitrogens with zero attached hydrogens (tertiary/aromatic N) is 1. The topological polar surface area (TPSA) is 69.4 Å². The molecule has 26 heavy (non-hydrogen) atoms. The molecule has 3 aromatic rings. The lowest BCUT2D eigenvalue weighted by Crippen LogP contribution is -2.20. The van der Waals surface area contributed by atoms with Gasteiger partial charge in [-0.1, -0.05) is 66.7 Å². The maximum absolute atomic E-state index is 13.0. The number of nitro groups is 1. The van der Waals surface area contributed by atoms with Crippen LogP contribution in [0.2, 0.25) is 0 Å². The Morgan fingerprint density at radius 2 is 1.46 bits per heavy atom. The molecule has 5 nitrogen and oxygen atoms in total. The predicted molar refractivity (Wildman–Crippen MR) is 98.2 cm³/mol. The maximum atomic E-state index is 13.0. The lowest BCUT2D eigenvalue weighted by molar-refractivity contribution is -0.385. The van der Waals surface area contributed by atoms with Crippen molar-refractivity contribution in [2.75, 3.05) is 0 Å². The highest BCUT2D eigenvalue weighted by atomic mass is 16.6. The number of esters is 1. The van der Waals surface area contributed by atoms with Crippen molar-refractivity contribution < 1.29 is 14.5 Å². The number of carbonyl (C=O) groups is 1. The Balaban J connectivity index is 2.00. The van der Waals surface area contributed by atoms with Crippen LogP contribution in [-0.2, 0) is 4.79 Å². The maximum Gasteiger partial charge on any atom is 0.323 e. The van der Waals surface area contributed by atoms with Gasteiger partial charge in [0.05, 0.1) is 4.92 Å². The molecule has 0 heterocycles. The summed E-state index contributed by atoms with van der Waals surface area (Å²) >= 11 is 0. The zero-order valence-corrected chi connectivity index (χ0v) is 14.2. The van der Waals surface area contributed by atoms with Gasteiger partial charge in [0, 0.05) is 6.07 Å². The first kappa shape index (κ1) is 17.4. The molecule has 0 saturated heterocycles. The van der Waals surface area contributed by atoms with Gasteiger partial charge in [-0.3, -0.25) is 14.9 Å². The van der Waals surface area contributed by atoms with E-state index in [1.165, 1.54) is 12.1 Å². The van der Waals surface area contributed by atoms with Crippen molar-refractivity contribution >= 4 is 11.7 Å². The van der Waals surface area contributed by atoms with Crippen LogP contribution >= 0.6 is 0 Å². The van der Waals surface area contributed by atoms with Gasteiger partial charge in [0.2, 0.25) is 5.75 Å². The van der Waals surface area contributed by atoms with Crippen LogP contribution in [0.3, 0.4) is 0 Å². The van der Waals surface area contributed by atoms with Crippen LogP contribution < -0.4 is 4.74 Å². The van der Waals surface area contributed by atoms with Crippen LogP contribution in [0, 0.1) is 17.0 Å². The molecule has 0 aromatic heterocycles. The second-order valence-electron chi connectivity index (χ2n) is 5.90. The minimum atomic E-state index is -0.669. The van der Waals surface area contributed by atoms with Gasteiger partial charge in [-0.15, -0.1) is 0 Å². The number of hydrogen-bond acceptors (Lipinski definition) is 4. The third-order valence-electron chi connectivity index (χ3n) is 4.02. The number of aryl methyl sites for hydroxylation is 1. The monoisotopic (exact) mass is 347 g/mol. The fraction of sp³-hybridized carbons (Fsp3) is 0.0952. The van der Waals surface area contributed by atoms with Crippen LogP contribution in [-0.4, -0.2) is 10.9 Å². The predicted octanol–water partition coefficient (Wildman–Crippen LogP) is 4.64. The van der Waals surface area contributed by atoms with E-state index in [1.54, 1.807) is 13.0 Å². The molecule has 0 unspecified atom stereocenters. The van der Waals surface area contributed by atoms with Gasteiger partial charge >= 0.3 is 11.7 Å². The van der Waals surface area contributed by atoms with E-state index in [2.05, 4.69) is 0 Å². The van der Waals surface area contributed by atoms with Crippen molar-refractivity contribution in [2.45, 2.75) is 12.8 Å². The average molecular weight is 347 g/mol. The van der Waals surface area contributed by atoms with Gasteiger partial charge < -0.3 is 4.74 Å². The van der Waals surface area contributed by atoms with Crippen LogP contribution in [0.25, 0.3) is 0 Å². The highest BCUT2D eigenvalue weighted by molar-refractivity contribution is 5.84. The molecule has 0 fully saturated rings. The summed E-state index contributed by atoms with van der Waals surface area (Å²) in [6.07, 6.45) is 0. The Labute approximate surface area is 151 Å². The first-order valence-corrected chi connectivity index (χ1v) is 8.13. The minimum absolute atomic E-state index is 0.0446. The molecule has 0 saturated carbocycles. The normalized spacial score (nSPS) is 10.5. The standard InChI is InChI=1S/C21H17NO4/c1-15-12-13-18(22(24)25)19(14-15)26-21(23)20(16-8-4-2-5-9-16)17-10-6-3-7-11-17/h2-14,20H,1H3. The van der Waals surface area contributed by atoms with E-state index in [1.807, 2.05) is 60.7 Å². The van der Waals surface area contributed by atoms with Crippen molar-refractivity contribution in [3.63, 3.8) is 0 Å². The van der Waals surface area contributed by atoms with E-state index >= 15 is 0 Å². The van der Waals surface area contributed by atoms with E-state index in [4.69, 9.17) is 4.74 Å². The molecule has 0 amide bonds. The smallest absolute Gasteiger partial charge is 0.323 e. The Morgan fingerprint density at radius 1 is 0.923 bits per heavy atom. The van der Waals surface area contributed by atoms with E-state index in [0.29, 0.717) is 0 Å². The lowest BCUT2D eigenvalue weighted by Gasteiger charge is -2.17. The quantitative estimate of drug-likeness (QED) is 0.292. The van der Waals surface area contributed by atoms with Crippen molar-refractivity contribution in [3.8, 4) is 5.75 Å². The molecule has 5 heteroatoms. The summed E-state index contributed by atoms with van der Waals surface area (Å²) in [5.41, 5.74) is 2.07. The highest BCUT2D eigenvalue weighted by Crippen LogP contribution is 2.32. The Bertz CT molecular complexity index is 884. The fourth-order valence-electron chi connectivity index (χ4n) is 2.78. The second kappa shape index (κ2) is 7.61. The molecule has 0 radical (unpaired) electrons. The molecule has 130 valence electrons. The minimum Gasteiger partial charge on any atom is -0.418 e. The van der Waals surface area contributed by atoms with Crippen molar-refractivity contribution in [2.24, 2.45) is 0 Å². The summed E-state index contributed by atoms with van der Waals surface area (Å²) in [5.74, 6) is -1.27. The van der Waals surface area contributed by atoms with Crippen molar-refractivity contribution in [1.29, 1.82) is 0 Å². The summed E-state index contributed by atoms with van der Waals surface area (Å²) in [5, 5.41) is 11.2. The largest absolute Gasteiger partial charge is 0.418 e. The van der Waals surface area contributed by atoms with Gasteiger partial charge in [0.25, 0.3) is 0 Å². The molecule has 0 aliphatic carbocycles. The van der Waals surface area contributed by atoms with Crippen molar-refractivity contribution in [3.05, 3.63) is 106 Å². The Hall–Kier alpha value is -3.47. The zero-order valence-electron chi connectivity index (χ0n) is 14.2. The van der Waals surface area contributed by atoms with Crippen LogP contribution in [0.15, 0.2) is 78.9 Å². The summed E-state index contributed by atoms with van der Waals surface area (Å²) in [6, 6.07) is 22.9. The first-order valence-electron chi connectivity index (χ1n) is 8.13. The van der Waals surface area contributed by atoms with E-state index < -0.39 is 16.8 Å². The molecule has 0 aliphatic rings. The summed E-state index contributed by atoms with van der Waals surface area (Å²) in [6.45, 7) is 1.78. The molecular formula is C21H17NO4. The summed E-state index contributed by atoms with van der Waals surface area (Å²) < 4.78 is 5.48. The number of rotatable bonds is 5. The molecule has 3 aromatic carbocycles. The van der Waals surface area contributed by atoms with E-state index in [0.717, 1.165) is 16.7 Å². The lowest BCUT2D eigenvalue weighted by atomic mass is 9.91. The summed E-state index contributed by atoms with van der Waals surface area (Å²) in [7, 11) is 0. The Morgan fingerprint density at radius 3 is 1.96 bits per heavy atom. The third-order valence-corrected chi connectivity index (χ3v) is 4.02. The average Bonchev–Trinajstić information content (AvgIpc) is 2.63. The van der Waals surface area contributed by atoms with Gasteiger partial charge in [-0.25, -0.2) is 0 Å². The first-order chi connectivity index (χ1) is 12.6. The molecule has 0 bridgehead atoms. The zero-order chi connectivity index (χ0) is 18.5. The molecule has 0 spiro atoms. The van der Waals surface area contributed by atoms with Crippen LogP contribution in [0.4, 0.5) is 5.69 Å². The summed E-state index contributed by atoms with van der Waals surface area (Å²) in [4.78, 5) is 23.6.